The van der Waals surface area contributed by atoms with Gasteiger partial charge in [-0.2, -0.15) is 5.10 Å². The van der Waals surface area contributed by atoms with Gasteiger partial charge in [0, 0.05) is 26.0 Å². The molecule has 5 nitrogen and oxygen atoms in total. The largest absolute Gasteiger partial charge is 0.304 e. The molecule has 2 aromatic heterocycles. The van der Waals surface area contributed by atoms with Gasteiger partial charge < -0.3 is 4.90 Å². The Morgan fingerprint density at radius 2 is 1.94 bits per heavy atom. The fourth-order valence-electron chi connectivity index (χ4n) is 1.57. The van der Waals surface area contributed by atoms with Gasteiger partial charge in [-0.1, -0.05) is 11.6 Å². The number of aryl methyl sites for hydroxylation is 1. The quantitative estimate of drug-likeness (QED) is 0.831. The molecule has 0 bridgehead atoms. The Hall–Kier alpha value is -1.46. The first kappa shape index (κ1) is 12.0. The Morgan fingerprint density at radius 3 is 2.53 bits per heavy atom. The lowest BCUT2D eigenvalue weighted by Gasteiger charge is -2.09. The maximum atomic E-state index is 6.32. The minimum absolute atomic E-state index is 0.554. The summed E-state index contributed by atoms with van der Waals surface area (Å²) >= 11 is 6.32. The van der Waals surface area contributed by atoms with Crippen LogP contribution in [0.25, 0.3) is 11.5 Å². The van der Waals surface area contributed by atoms with E-state index >= 15 is 0 Å². The molecule has 6 heteroatoms. The molecule has 0 aromatic carbocycles. The van der Waals surface area contributed by atoms with E-state index in [9.17, 15) is 0 Å². The van der Waals surface area contributed by atoms with E-state index in [1.54, 1.807) is 23.1 Å². The van der Waals surface area contributed by atoms with Crippen molar-refractivity contribution in [3.05, 3.63) is 29.2 Å². The molecule has 0 aliphatic heterocycles. The van der Waals surface area contributed by atoms with Crippen molar-refractivity contribution in [2.24, 2.45) is 7.05 Å². The molecule has 0 unspecified atom stereocenters. The molecule has 2 heterocycles. The van der Waals surface area contributed by atoms with E-state index in [1.165, 1.54) is 0 Å². The van der Waals surface area contributed by atoms with Gasteiger partial charge in [-0.15, -0.1) is 0 Å². The minimum Gasteiger partial charge on any atom is -0.304 e. The van der Waals surface area contributed by atoms with E-state index < -0.39 is 0 Å². The predicted molar refractivity (Wildman–Crippen MR) is 66.6 cm³/mol. The highest BCUT2D eigenvalue weighted by atomic mass is 35.5. The van der Waals surface area contributed by atoms with Crippen LogP contribution in [0.1, 0.15) is 5.69 Å². The van der Waals surface area contributed by atoms with Crippen molar-refractivity contribution in [1.29, 1.82) is 0 Å². The fraction of sp³-hybridized carbons (Fsp3) is 0.364. The molecular formula is C11H14ClN5. The third-order valence-electron chi connectivity index (χ3n) is 2.35. The molecular weight excluding hydrogens is 238 g/mol. The average molecular weight is 252 g/mol. The summed E-state index contributed by atoms with van der Waals surface area (Å²) in [7, 11) is 5.85. The van der Waals surface area contributed by atoms with Gasteiger partial charge in [0.1, 0.15) is 5.69 Å². The molecule has 90 valence electrons. The van der Waals surface area contributed by atoms with Crippen molar-refractivity contribution < 1.29 is 0 Å². The van der Waals surface area contributed by atoms with Crippen LogP contribution in [-0.2, 0) is 13.6 Å². The van der Waals surface area contributed by atoms with Gasteiger partial charge in [0.15, 0.2) is 5.82 Å². The zero-order valence-corrected chi connectivity index (χ0v) is 10.8. The summed E-state index contributed by atoms with van der Waals surface area (Å²) in [6.45, 7) is 0.731. The molecule has 0 radical (unpaired) electrons. The van der Waals surface area contributed by atoms with Crippen molar-refractivity contribution >= 4 is 11.6 Å². The zero-order chi connectivity index (χ0) is 12.4. The molecule has 0 saturated carbocycles. The number of rotatable bonds is 3. The smallest absolute Gasteiger partial charge is 0.181 e. The SMILES string of the molecule is CN(C)Cc1c(Cl)c(-c2ncccn2)nn1C. The summed E-state index contributed by atoms with van der Waals surface area (Å²) in [5.41, 5.74) is 1.59. The number of aromatic nitrogens is 4. The number of halogens is 1. The van der Waals surface area contributed by atoms with Crippen LogP contribution in [0, 0.1) is 0 Å². The van der Waals surface area contributed by atoms with Crippen LogP contribution in [0.2, 0.25) is 5.02 Å². The van der Waals surface area contributed by atoms with Crippen molar-refractivity contribution in [3.8, 4) is 11.5 Å². The Morgan fingerprint density at radius 1 is 1.29 bits per heavy atom. The number of hydrogen-bond donors (Lipinski definition) is 0. The molecule has 0 aliphatic rings. The second-order valence-electron chi connectivity index (χ2n) is 4.04. The molecule has 0 saturated heterocycles. The van der Waals surface area contributed by atoms with Crippen LogP contribution in [0.4, 0.5) is 0 Å². The first-order valence-corrected chi connectivity index (χ1v) is 5.61. The Bertz CT molecular complexity index is 506. The third kappa shape index (κ3) is 2.45. The molecule has 17 heavy (non-hydrogen) atoms. The lowest BCUT2D eigenvalue weighted by molar-refractivity contribution is 0.387. The van der Waals surface area contributed by atoms with Crippen LogP contribution in [0.5, 0.6) is 0 Å². The van der Waals surface area contributed by atoms with E-state index in [0.29, 0.717) is 16.5 Å². The van der Waals surface area contributed by atoms with Crippen molar-refractivity contribution in [2.45, 2.75) is 6.54 Å². The average Bonchev–Trinajstić information content (AvgIpc) is 2.58. The minimum atomic E-state index is 0.554. The third-order valence-corrected chi connectivity index (χ3v) is 2.74. The van der Waals surface area contributed by atoms with Gasteiger partial charge >= 0.3 is 0 Å². The summed E-state index contributed by atoms with van der Waals surface area (Å²) in [6, 6.07) is 1.76. The highest BCUT2D eigenvalue weighted by Crippen LogP contribution is 2.27. The van der Waals surface area contributed by atoms with Gasteiger partial charge in [-0.25, -0.2) is 9.97 Å². The topological polar surface area (TPSA) is 46.8 Å². The van der Waals surface area contributed by atoms with E-state index in [-0.39, 0.29) is 0 Å². The fourth-order valence-corrected chi connectivity index (χ4v) is 1.87. The second-order valence-corrected chi connectivity index (χ2v) is 4.42. The zero-order valence-electron chi connectivity index (χ0n) is 10.1. The molecule has 0 aliphatic carbocycles. The highest BCUT2D eigenvalue weighted by Gasteiger charge is 2.17. The van der Waals surface area contributed by atoms with Gasteiger partial charge in [0.2, 0.25) is 0 Å². The van der Waals surface area contributed by atoms with Gasteiger partial charge in [0.05, 0.1) is 10.7 Å². The predicted octanol–water partition coefficient (Wildman–Crippen LogP) is 1.59. The molecule has 0 N–H and O–H groups in total. The van der Waals surface area contributed by atoms with Crippen molar-refractivity contribution in [1.82, 2.24) is 24.6 Å². The monoisotopic (exact) mass is 251 g/mol. The molecule has 0 amide bonds. The second kappa shape index (κ2) is 4.81. The molecule has 0 spiro atoms. The Balaban J connectivity index is 2.44. The summed E-state index contributed by atoms with van der Waals surface area (Å²) in [5.74, 6) is 0.554. The maximum Gasteiger partial charge on any atom is 0.181 e. The van der Waals surface area contributed by atoms with Crippen molar-refractivity contribution in [3.63, 3.8) is 0 Å². The lowest BCUT2D eigenvalue weighted by Crippen LogP contribution is -2.14. The summed E-state index contributed by atoms with van der Waals surface area (Å²) < 4.78 is 1.77. The summed E-state index contributed by atoms with van der Waals surface area (Å²) in [4.78, 5) is 10.4. The maximum absolute atomic E-state index is 6.32. The number of nitrogens with zero attached hydrogens (tertiary/aromatic N) is 5. The Labute approximate surface area is 105 Å². The molecule has 2 aromatic rings. The van der Waals surface area contributed by atoms with Gasteiger partial charge in [0.25, 0.3) is 0 Å². The van der Waals surface area contributed by atoms with Crippen LogP contribution in [-0.4, -0.2) is 38.7 Å². The van der Waals surface area contributed by atoms with E-state index in [0.717, 1.165) is 12.2 Å². The van der Waals surface area contributed by atoms with E-state index in [4.69, 9.17) is 11.6 Å². The lowest BCUT2D eigenvalue weighted by atomic mass is 10.3. The van der Waals surface area contributed by atoms with E-state index in [2.05, 4.69) is 15.1 Å². The normalized spacial score (nSPS) is 11.1. The van der Waals surface area contributed by atoms with Gasteiger partial charge in [-0.3, -0.25) is 4.68 Å². The standard InChI is InChI=1S/C11H14ClN5/c1-16(2)7-8-9(12)10(15-17(8)3)11-13-5-4-6-14-11/h4-6H,7H2,1-3H3. The molecule has 0 fully saturated rings. The Kier molecular flexibility index (Phi) is 3.40. The van der Waals surface area contributed by atoms with E-state index in [1.807, 2.05) is 26.0 Å². The number of hydrogen-bond acceptors (Lipinski definition) is 4. The van der Waals surface area contributed by atoms with Crippen LogP contribution in [0.3, 0.4) is 0 Å². The summed E-state index contributed by atoms with van der Waals surface area (Å²) in [5, 5.41) is 4.98. The first-order valence-electron chi connectivity index (χ1n) is 5.23. The molecule has 2 rings (SSSR count). The van der Waals surface area contributed by atoms with Gasteiger partial charge in [-0.05, 0) is 20.2 Å². The van der Waals surface area contributed by atoms with Crippen LogP contribution >= 0.6 is 11.6 Å². The first-order chi connectivity index (χ1) is 8.09. The molecule has 0 atom stereocenters. The van der Waals surface area contributed by atoms with Crippen LogP contribution < -0.4 is 0 Å². The summed E-state index contributed by atoms with van der Waals surface area (Å²) in [6.07, 6.45) is 3.36. The van der Waals surface area contributed by atoms with Crippen LogP contribution in [0.15, 0.2) is 18.5 Å². The van der Waals surface area contributed by atoms with Crippen molar-refractivity contribution in [2.75, 3.05) is 14.1 Å². The highest BCUT2D eigenvalue weighted by molar-refractivity contribution is 6.33.